The van der Waals surface area contributed by atoms with E-state index in [9.17, 15) is 10.0 Å². The van der Waals surface area contributed by atoms with Gasteiger partial charge in [0.25, 0.3) is 14.4 Å². The predicted octanol–water partition coefficient (Wildman–Crippen LogP) is 18.9. The minimum atomic E-state index is -1.22. The Morgan fingerprint density at radius 1 is 0.245 bits per heavy atom. The Hall–Kier alpha value is -6.50. The molecule has 8 aromatic rings. The van der Waals surface area contributed by atoms with E-state index in [1.54, 1.807) is 0 Å². The van der Waals surface area contributed by atoms with E-state index in [0.717, 1.165) is 75.6 Å². The molecule has 0 aliphatic carbocycles. The standard InChI is InChI=1S/2C26H36BN2O.C24H20B.4C4H8O.Y/c2*1-17(2)21-11-9-12-22(18(3)4)25(21)28-15-16-29(27(28)30)26-23(19(5)6)13-10-14-24(26)20(7)8;1-5-13-21(14-6-1)25(22-15-7-2-8-16-22,23-17-9-3-10-18-23)24-19-11-4-12-20-24;4*1-2-4-5-3-1;/h2*9-20H,1-8H3;1-20H;4*1-4H2;/q3*-1;;;;;+3. The van der Waals surface area contributed by atoms with Crippen LogP contribution in [0.4, 0.5) is 22.7 Å². The molecule has 10 nitrogen and oxygen atoms in total. The molecule has 6 aliphatic heterocycles. The summed E-state index contributed by atoms with van der Waals surface area (Å²) in [5.41, 5.74) is 19.5. The van der Waals surface area contributed by atoms with E-state index in [4.69, 9.17) is 18.9 Å². The molecule has 0 N–H and O–H groups in total. The van der Waals surface area contributed by atoms with E-state index in [1.165, 1.54) is 118 Å². The van der Waals surface area contributed by atoms with Crippen LogP contribution in [0.15, 0.2) is 219 Å². The normalized spacial score (nSPS) is 15.3. The minimum absolute atomic E-state index is 0. The summed E-state index contributed by atoms with van der Waals surface area (Å²) in [5.74, 6) is 2.80. The van der Waals surface area contributed by atoms with E-state index in [-0.39, 0.29) is 32.7 Å². The van der Waals surface area contributed by atoms with Gasteiger partial charge in [-0.05, 0) is 143 Å². The van der Waals surface area contributed by atoms with Crippen LogP contribution in [-0.2, 0) is 51.7 Å². The van der Waals surface area contributed by atoms with Crippen molar-refractivity contribution in [1.29, 1.82) is 0 Å². The maximum absolute atomic E-state index is 13.9. The molecule has 14 rings (SSSR count). The average molecular weight is 1500 g/mol. The maximum Gasteiger partial charge on any atom is 3.00 e. The Morgan fingerprint density at radius 3 is 0.519 bits per heavy atom. The van der Waals surface area contributed by atoms with Gasteiger partial charge in [0.15, 0.2) is 0 Å². The van der Waals surface area contributed by atoms with Gasteiger partial charge in [-0.25, -0.2) is 0 Å². The zero-order valence-corrected chi connectivity index (χ0v) is 70.1. The van der Waals surface area contributed by atoms with Crippen LogP contribution in [0.3, 0.4) is 0 Å². The first-order chi connectivity index (χ1) is 50.7. The Balaban J connectivity index is 0.000000194. The third-order valence-electron chi connectivity index (χ3n) is 20.6. The van der Waals surface area contributed by atoms with Crippen LogP contribution in [0.5, 0.6) is 0 Å². The molecule has 560 valence electrons. The van der Waals surface area contributed by atoms with Gasteiger partial charge in [-0.15, -0.1) is 0 Å². The van der Waals surface area contributed by atoms with Crippen molar-refractivity contribution in [3.63, 3.8) is 0 Å². The third-order valence-corrected chi connectivity index (χ3v) is 20.6. The number of anilines is 4. The summed E-state index contributed by atoms with van der Waals surface area (Å²) in [6.07, 6.45) is 16.9. The van der Waals surface area contributed by atoms with Crippen LogP contribution in [-0.4, -0.2) is 73.4 Å². The van der Waals surface area contributed by atoms with Gasteiger partial charge in [0, 0.05) is 100 Å². The molecule has 0 atom stereocenters. The first-order valence-corrected chi connectivity index (χ1v) is 39.7. The van der Waals surface area contributed by atoms with Crippen LogP contribution < -0.4 is 51.1 Å². The van der Waals surface area contributed by atoms with Crippen molar-refractivity contribution in [2.75, 3.05) is 72.1 Å². The van der Waals surface area contributed by atoms with E-state index in [0.29, 0.717) is 47.3 Å². The Morgan fingerprint density at radius 2 is 0.396 bits per heavy atom. The van der Waals surface area contributed by atoms with Gasteiger partial charge < -0.3 is 48.2 Å². The smallest absolute Gasteiger partial charge is 0.843 e. The molecule has 0 aromatic heterocycles. The largest absolute Gasteiger partial charge is 3.00 e. The van der Waals surface area contributed by atoms with E-state index >= 15 is 0 Å². The van der Waals surface area contributed by atoms with Crippen molar-refractivity contribution in [3.05, 3.63) is 263 Å². The van der Waals surface area contributed by atoms with Crippen molar-refractivity contribution in [1.82, 2.24) is 0 Å². The predicted molar refractivity (Wildman–Crippen MR) is 448 cm³/mol. The summed E-state index contributed by atoms with van der Waals surface area (Å²) < 4.78 is 19.8. The Bertz CT molecular complexity index is 3240. The first kappa shape index (κ1) is 86.7. The molecule has 0 spiro atoms. The molecule has 6 heterocycles. The zero-order chi connectivity index (χ0) is 75.4. The fourth-order valence-corrected chi connectivity index (χ4v) is 15.0. The van der Waals surface area contributed by atoms with E-state index in [1.807, 2.05) is 44.0 Å². The molecule has 0 unspecified atom stereocenters. The summed E-state index contributed by atoms with van der Waals surface area (Å²) in [4.78, 5) is 7.75. The second kappa shape index (κ2) is 44.2. The maximum atomic E-state index is 13.9. The number of para-hydroxylation sites is 4. The van der Waals surface area contributed by atoms with E-state index < -0.39 is 20.5 Å². The number of hydrogen-bond donors (Lipinski definition) is 0. The van der Waals surface area contributed by atoms with Gasteiger partial charge >= 0.3 is 32.7 Å². The topological polar surface area (TPSA) is 96.0 Å². The molecular formula is C92H124B3N4O6Y. The molecule has 0 bridgehead atoms. The van der Waals surface area contributed by atoms with Gasteiger partial charge in [-0.1, -0.05) is 305 Å². The van der Waals surface area contributed by atoms with Crippen LogP contribution in [0.1, 0.15) is 254 Å². The molecule has 0 radical (unpaired) electrons. The zero-order valence-electron chi connectivity index (χ0n) is 67.3. The fraction of sp³-hybridized carbons (Fsp3) is 0.435. The van der Waals surface area contributed by atoms with Crippen molar-refractivity contribution >= 4 is 65.1 Å². The molecule has 8 aromatic carbocycles. The Kier molecular flexibility index (Phi) is 36.2. The summed E-state index contributed by atoms with van der Waals surface area (Å²) >= 11 is 0. The molecule has 0 saturated carbocycles. The summed E-state index contributed by atoms with van der Waals surface area (Å²) in [6.45, 7) is 43.2. The number of rotatable bonds is 16. The molecule has 0 amide bonds. The summed E-state index contributed by atoms with van der Waals surface area (Å²) in [6, 6.07) is 69.3. The fourth-order valence-electron chi connectivity index (χ4n) is 15.0. The van der Waals surface area contributed by atoms with Gasteiger partial charge in [-0.2, -0.15) is 21.9 Å². The molecular weight excluding hydrogens is 1380 g/mol. The molecule has 106 heavy (non-hydrogen) atoms. The number of hydrogen-bond acceptors (Lipinski definition) is 10. The van der Waals surface area contributed by atoms with Gasteiger partial charge in [-0.3, -0.25) is 0 Å². The van der Waals surface area contributed by atoms with Crippen molar-refractivity contribution < 1.29 is 61.7 Å². The number of nitrogens with zero attached hydrogens (tertiary/aromatic N) is 4. The van der Waals surface area contributed by atoms with Crippen LogP contribution in [0.25, 0.3) is 0 Å². The average Bonchev–Trinajstić information content (AvgIpc) is 1.71. The molecule has 4 fully saturated rings. The number of ether oxygens (including phenoxy) is 4. The van der Waals surface area contributed by atoms with Gasteiger partial charge in [0.1, 0.15) is 6.15 Å². The van der Waals surface area contributed by atoms with Crippen molar-refractivity contribution in [2.24, 2.45) is 0 Å². The van der Waals surface area contributed by atoms with Crippen LogP contribution >= 0.6 is 0 Å². The quantitative estimate of drug-likeness (QED) is 0.0870. The molecule has 14 heteroatoms. The van der Waals surface area contributed by atoms with Crippen LogP contribution in [0, 0.1) is 0 Å². The van der Waals surface area contributed by atoms with Gasteiger partial charge in [0.05, 0.1) is 0 Å². The first-order valence-electron chi connectivity index (χ1n) is 39.7. The molecule has 6 aliphatic rings. The second-order valence-electron chi connectivity index (χ2n) is 31.0. The van der Waals surface area contributed by atoms with E-state index in [2.05, 4.69) is 305 Å². The van der Waals surface area contributed by atoms with Gasteiger partial charge in [0.2, 0.25) is 0 Å². The van der Waals surface area contributed by atoms with Crippen molar-refractivity contribution in [3.8, 4) is 0 Å². The Labute approximate surface area is 666 Å². The third kappa shape index (κ3) is 22.8. The summed E-state index contributed by atoms with van der Waals surface area (Å²) in [7, 11) is -2.03. The minimum Gasteiger partial charge on any atom is -0.843 e. The SMILES string of the molecule is C1CCOC1.C1CCOC1.C1CCOC1.C1CCOC1.CC(C)c1cccc(C(C)C)c1N1C=CN(c2c(C(C)C)cccc2C(C)C)B1[O-].CC(C)c1cccc(C(C)C)c1N1C=CN(c2c(C(C)C)cccc2C(C)C)B1[O-].[Y+3].c1ccc([B-](c2ccccc2)(c2ccccc2)c2ccccc2)cc1. The van der Waals surface area contributed by atoms with Crippen LogP contribution in [0.2, 0.25) is 0 Å². The monoisotopic (exact) mass is 1500 g/mol. The van der Waals surface area contributed by atoms with Crippen molar-refractivity contribution in [2.45, 2.75) is 209 Å². The molecule has 4 saturated heterocycles. The number of benzene rings is 8. The summed E-state index contributed by atoms with van der Waals surface area (Å²) in [5, 5.41) is 27.8. The second-order valence-corrected chi connectivity index (χ2v) is 31.0.